The number of nitrogens with zero attached hydrogens (tertiary/aromatic N) is 3. The molecule has 0 atom stereocenters. The first kappa shape index (κ1) is 21.0. The van der Waals surface area contributed by atoms with Gasteiger partial charge in [0.15, 0.2) is 0 Å². The molecule has 0 saturated heterocycles. The Morgan fingerprint density at radius 3 is 2.48 bits per heavy atom. The Kier molecular flexibility index (Phi) is 5.71. The van der Waals surface area contributed by atoms with Crippen LogP contribution in [0.4, 0.5) is 5.69 Å². The number of rotatable bonds is 6. The lowest BCUT2D eigenvalue weighted by Crippen LogP contribution is -2.27. The van der Waals surface area contributed by atoms with Crippen LogP contribution in [0.3, 0.4) is 0 Å². The summed E-state index contributed by atoms with van der Waals surface area (Å²) in [5.74, 6) is 0.356. The molecule has 0 radical (unpaired) electrons. The van der Waals surface area contributed by atoms with Gasteiger partial charge in [-0.05, 0) is 48.7 Å². The average Bonchev–Trinajstić information content (AvgIpc) is 3.30. The van der Waals surface area contributed by atoms with Gasteiger partial charge in [-0.25, -0.2) is 18.4 Å². The number of carbonyl (C=O) groups excluding carboxylic acids is 1. The second-order valence-corrected chi connectivity index (χ2v) is 9.88. The maximum absolute atomic E-state index is 12.8. The van der Waals surface area contributed by atoms with Crippen LogP contribution >= 0.6 is 11.3 Å². The van der Waals surface area contributed by atoms with E-state index in [0.29, 0.717) is 17.1 Å². The zero-order valence-corrected chi connectivity index (χ0v) is 18.6. The van der Waals surface area contributed by atoms with Gasteiger partial charge >= 0.3 is 0 Å². The molecule has 2 aromatic heterocycles. The standard InChI is InChI=1S/C22H20N4O3S2/c1-15-18-6-3-4-7-19(18)24-20(23-15)14-26(2)22(27)16-9-11-17(12-10-16)25-31(28,29)21-8-5-13-30-21/h3-13,25H,14H2,1-2H3. The van der Waals surface area contributed by atoms with E-state index in [1.165, 1.54) is 11.0 Å². The topological polar surface area (TPSA) is 92.3 Å². The van der Waals surface area contributed by atoms with E-state index >= 15 is 0 Å². The minimum absolute atomic E-state index is 0.206. The van der Waals surface area contributed by atoms with Crippen LogP contribution in [0.5, 0.6) is 0 Å². The van der Waals surface area contributed by atoms with Crippen molar-refractivity contribution in [3.63, 3.8) is 0 Å². The first-order valence-corrected chi connectivity index (χ1v) is 11.8. The van der Waals surface area contributed by atoms with Gasteiger partial charge in [0.1, 0.15) is 10.0 Å². The number of hydrogen-bond donors (Lipinski definition) is 1. The van der Waals surface area contributed by atoms with Crippen molar-refractivity contribution >= 4 is 43.9 Å². The van der Waals surface area contributed by atoms with E-state index in [2.05, 4.69) is 14.7 Å². The van der Waals surface area contributed by atoms with Crippen LogP contribution in [0.25, 0.3) is 10.9 Å². The monoisotopic (exact) mass is 452 g/mol. The number of thiophene rings is 1. The van der Waals surface area contributed by atoms with E-state index < -0.39 is 10.0 Å². The van der Waals surface area contributed by atoms with Gasteiger partial charge in [0.05, 0.1) is 12.1 Å². The molecule has 31 heavy (non-hydrogen) atoms. The number of nitrogens with one attached hydrogen (secondary N) is 1. The summed E-state index contributed by atoms with van der Waals surface area (Å²) in [6, 6.07) is 17.3. The molecule has 9 heteroatoms. The summed E-state index contributed by atoms with van der Waals surface area (Å²) in [7, 11) is -1.94. The molecule has 4 aromatic rings. The van der Waals surface area contributed by atoms with Gasteiger partial charge in [0, 0.05) is 29.4 Å². The smallest absolute Gasteiger partial charge is 0.271 e. The Hall–Kier alpha value is -3.30. The summed E-state index contributed by atoms with van der Waals surface area (Å²) in [6.45, 7) is 2.18. The number of aryl methyl sites for hydroxylation is 1. The van der Waals surface area contributed by atoms with E-state index in [4.69, 9.17) is 0 Å². The highest BCUT2D eigenvalue weighted by atomic mass is 32.2. The van der Waals surface area contributed by atoms with Gasteiger partial charge in [0.2, 0.25) is 0 Å². The number of anilines is 1. The number of aromatic nitrogens is 2. The molecule has 2 aromatic carbocycles. The molecule has 0 aliphatic carbocycles. The van der Waals surface area contributed by atoms with Crippen molar-refractivity contribution in [2.24, 2.45) is 0 Å². The summed E-state index contributed by atoms with van der Waals surface area (Å²) >= 11 is 1.14. The van der Waals surface area contributed by atoms with Crippen LogP contribution in [0.2, 0.25) is 0 Å². The van der Waals surface area contributed by atoms with Crippen molar-refractivity contribution in [2.75, 3.05) is 11.8 Å². The lowest BCUT2D eigenvalue weighted by atomic mass is 10.2. The maximum Gasteiger partial charge on any atom is 0.271 e. The third-order valence-electron chi connectivity index (χ3n) is 4.71. The van der Waals surface area contributed by atoms with Crippen LogP contribution < -0.4 is 4.72 Å². The largest absolute Gasteiger partial charge is 0.334 e. The van der Waals surface area contributed by atoms with Crippen LogP contribution in [-0.2, 0) is 16.6 Å². The minimum atomic E-state index is -3.63. The fourth-order valence-corrected chi connectivity index (χ4v) is 5.22. The number of para-hydroxylation sites is 1. The average molecular weight is 453 g/mol. The summed E-state index contributed by atoms with van der Waals surface area (Å²) in [4.78, 5) is 23.4. The van der Waals surface area contributed by atoms with Crippen molar-refractivity contribution in [1.29, 1.82) is 0 Å². The molecule has 0 saturated carbocycles. The SMILES string of the molecule is Cc1nc(CN(C)C(=O)c2ccc(NS(=O)(=O)c3cccs3)cc2)nc2ccccc12. The predicted octanol–water partition coefficient (Wildman–Crippen LogP) is 4.07. The molecule has 0 bridgehead atoms. The van der Waals surface area contributed by atoms with E-state index in [9.17, 15) is 13.2 Å². The first-order valence-electron chi connectivity index (χ1n) is 9.47. The zero-order valence-electron chi connectivity index (χ0n) is 16.9. The molecular weight excluding hydrogens is 432 g/mol. The summed E-state index contributed by atoms with van der Waals surface area (Å²) in [6.07, 6.45) is 0. The Bertz CT molecular complexity index is 1340. The van der Waals surface area contributed by atoms with Crippen LogP contribution in [0, 0.1) is 6.92 Å². The van der Waals surface area contributed by atoms with Gasteiger partial charge in [-0.3, -0.25) is 9.52 Å². The highest BCUT2D eigenvalue weighted by Crippen LogP contribution is 2.21. The predicted molar refractivity (Wildman–Crippen MR) is 122 cm³/mol. The molecule has 158 valence electrons. The number of benzene rings is 2. The Morgan fingerprint density at radius 1 is 1.03 bits per heavy atom. The summed E-state index contributed by atoms with van der Waals surface area (Å²) < 4.78 is 27.4. The van der Waals surface area contributed by atoms with E-state index in [0.717, 1.165) is 27.9 Å². The van der Waals surface area contributed by atoms with Gasteiger partial charge in [0.25, 0.3) is 15.9 Å². The molecule has 0 unspecified atom stereocenters. The van der Waals surface area contributed by atoms with Crippen LogP contribution in [-0.4, -0.2) is 36.2 Å². The molecule has 0 aliphatic heterocycles. The molecule has 1 amide bonds. The van der Waals surface area contributed by atoms with Crippen molar-refractivity contribution in [1.82, 2.24) is 14.9 Å². The quantitative estimate of drug-likeness (QED) is 0.476. The first-order chi connectivity index (χ1) is 14.8. The highest BCUT2D eigenvalue weighted by Gasteiger charge is 2.17. The number of sulfonamides is 1. The number of carbonyl (C=O) groups is 1. The molecule has 0 aliphatic rings. The lowest BCUT2D eigenvalue weighted by Gasteiger charge is -2.17. The molecule has 0 spiro atoms. The molecule has 0 fully saturated rings. The van der Waals surface area contributed by atoms with Gasteiger partial charge < -0.3 is 4.90 Å². The fraction of sp³-hybridized carbons (Fsp3) is 0.136. The Balaban J connectivity index is 1.47. The molecule has 2 heterocycles. The second-order valence-electron chi connectivity index (χ2n) is 7.02. The summed E-state index contributed by atoms with van der Waals surface area (Å²) in [5.41, 5.74) is 2.54. The third kappa shape index (κ3) is 4.57. The second kappa shape index (κ2) is 8.44. The van der Waals surface area contributed by atoms with Crippen molar-refractivity contribution in [3.8, 4) is 0 Å². The summed E-state index contributed by atoms with van der Waals surface area (Å²) in [5, 5.41) is 2.69. The molecular formula is C22H20N4O3S2. The van der Waals surface area contributed by atoms with E-state index in [1.54, 1.807) is 42.8 Å². The van der Waals surface area contributed by atoms with Gasteiger partial charge in [-0.2, -0.15) is 0 Å². The van der Waals surface area contributed by atoms with Crippen molar-refractivity contribution < 1.29 is 13.2 Å². The highest BCUT2D eigenvalue weighted by molar-refractivity contribution is 7.94. The van der Waals surface area contributed by atoms with Crippen molar-refractivity contribution in [3.05, 3.63) is 83.1 Å². The number of fused-ring (bicyclic) bond motifs is 1. The van der Waals surface area contributed by atoms with Gasteiger partial charge in [-0.15, -0.1) is 11.3 Å². The molecule has 7 nitrogen and oxygen atoms in total. The Labute approximate surface area is 184 Å². The zero-order chi connectivity index (χ0) is 22.0. The van der Waals surface area contributed by atoms with E-state index in [-0.39, 0.29) is 16.7 Å². The lowest BCUT2D eigenvalue weighted by molar-refractivity contribution is 0.0781. The van der Waals surface area contributed by atoms with Gasteiger partial charge in [-0.1, -0.05) is 24.3 Å². The van der Waals surface area contributed by atoms with E-state index in [1.807, 2.05) is 31.2 Å². The Morgan fingerprint density at radius 2 is 1.77 bits per heavy atom. The fourth-order valence-electron chi connectivity index (χ4n) is 3.17. The maximum atomic E-state index is 12.8. The van der Waals surface area contributed by atoms with Crippen molar-refractivity contribution in [2.45, 2.75) is 17.7 Å². The third-order valence-corrected chi connectivity index (χ3v) is 7.49. The van der Waals surface area contributed by atoms with Crippen LogP contribution in [0.15, 0.2) is 70.3 Å². The minimum Gasteiger partial charge on any atom is -0.334 e. The number of hydrogen-bond acceptors (Lipinski definition) is 6. The number of amides is 1. The normalized spacial score (nSPS) is 11.4. The van der Waals surface area contributed by atoms with Crippen LogP contribution in [0.1, 0.15) is 21.9 Å². The molecule has 1 N–H and O–H groups in total. The molecule has 4 rings (SSSR count).